The third kappa shape index (κ3) is 7.72. The maximum Gasteiger partial charge on any atom is 0.411 e. The van der Waals surface area contributed by atoms with Gasteiger partial charge < -0.3 is 25.3 Å². The van der Waals surface area contributed by atoms with Crippen molar-refractivity contribution in [2.45, 2.75) is 103 Å². The van der Waals surface area contributed by atoms with Crippen LogP contribution in [0.25, 0.3) is 11.3 Å². The average Bonchev–Trinajstić information content (AvgIpc) is 3.63. The monoisotopic (exact) mass is 650 g/mol. The largest absolute Gasteiger partial charge is 0.458 e. The number of ketones is 1. The Kier molecular flexibility index (Phi) is 11.5. The molecule has 0 spiro atoms. The standard InChI is InChI=1S/C34H51BN6O6/c1-8-27-34(6)30(23(4)37-16-12-15-33(5,45-7)29(35)21(2)28(42)22(3)31(43)46-27)41(32(44)47-34)18-10-9-17-40-20-26(38-39-40)24-13-11-14-25(36)19-24/h9-11,13-14,19-23,27,29-30,37H,8,12,15-18,35-36H2,1-7H3/b10-9+/t21-,22+,23-,27+,29+,30+,33+,34+/m0/s1. The van der Waals surface area contributed by atoms with Crippen LogP contribution in [0.15, 0.2) is 42.6 Å². The van der Waals surface area contributed by atoms with E-state index in [0.717, 1.165) is 12.0 Å². The predicted molar refractivity (Wildman–Crippen MR) is 182 cm³/mol. The molecule has 0 saturated carbocycles. The Morgan fingerprint density at radius 3 is 2.57 bits per heavy atom. The lowest BCUT2D eigenvalue weighted by Crippen LogP contribution is -2.60. The third-order valence-electron chi connectivity index (χ3n) is 10.4. The molecule has 256 valence electrons. The fraction of sp³-hybridized carbons (Fsp3) is 0.618. The maximum absolute atomic E-state index is 13.5. The van der Waals surface area contributed by atoms with E-state index in [2.05, 4.69) is 15.6 Å². The summed E-state index contributed by atoms with van der Waals surface area (Å²) in [5.74, 6) is -2.32. The lowest BCUT2D eigenvalue weighted by atomic mass is 9.63. The lowest BCUT2D eigenvalue weighted by Gasteiger charge is -2.40. The normalized spacial score (nSPS) is 32.8. The lowest BCUT2D eigenvalue weighted by molar-refractivity contribution is -0.170. The van der Waals surface area contributed by atoms with E-state index < -0.39 is 47.2 Å². The molecule has 2 saturated heterocycles. The molecule has 0 unspecified atom stereocenters. The number of hydrogen-bond donors (Lipinski definition) is 2. The molecule has 1 aromatic heterocycles. The van der Waals surface area contributed by atoms with Crippen molar-refractivity contribution in [3.8, 4) is 11.3 Å². The van der Waals surface area contributed by atoms with Gasteiger partial charge in [-0.05, 0) is 71.5 Å². The van der Waals surface area contributed by atoms with Gasteiger partial charge in [-0.1, -0.05) is 43.3 Å². The van der Waals surface area contributed by atoms with Gasteiger partial charge in [0, 0.05) is 36.9 Å². The van der Waals surface area contributed by atoms with E-state index in [9.17, 15) is 14.4 Å². The number of nitrogens with two attached hydrogens (primary N) is 1. The number of esters is 1. The van der Waals surface area contributed by atoms with Gasteiger partial charge >= 0.3 is 12.1 Å². The summed E-state index contributed by atoms with van der Waals surface area (Å²) in [5.41, 5.74) is 6.43. The Morgan fingerprint density at radius 1 is 1.17 bits per heavy atom. The first kappa shape index (κ1) is 36.1. The number of rotatable bonds is 7. The van der Waals surface area contributed by atoms with E-state index in [-0.39, 0.29) is 24.2 Å². The molecule has 3 heterocycles. The minimum absolute atomic E-state index is 0.124. The van der Waals surface area contributed by atoms with Crippen molar-refractivity contribution >= 4 is 31.4 Å². The first-order chi connectivity index (χ1) is 22.3. The van der Waals surface area contributed by atoms with Gasteiger partial charge in [0.15, 0.2) is 5.60 Å². The van der Waals surface area contributed by atoms with E-state index in [1.54, 1.807) is 23.6 Å². The minimum Gasteiger partial charge on any atom is -0.458 e. The maximum atomic E-state index is 13.5. The number of hydrogen-bond acceptors (Lipinski definition) is 10. The number of carbonyl (C=O) groups is 3. The second-order valence-electron chi connectivity index (χ2n) is 13.5. The molecule has 2 fully saturated rings. The number of nitrogen functional groups attached to an aromatic ring is 1. The van der Waals surface area contributed by atoms with Crippen LogP contribution in [0.4, 0.5) is 10.5 Å². The van der Waals surface area contributed by atoms with Crippen LogP contribution in [0.2, 0.25) is 5.82 Å². The van der Waals surface area contributed by atoms with Crippen molar-refractivity contribution in [3.63, 3.8) is 0 Å². The highest BCUT2D eigenvalue weighted by Gasteiger charge is 2.58. The van der Waals surface area contributed by atoms with Crippen LogP contribution in [-0.4, -0.2) is 95.2 Å². The summed E-state index contributed by atoms with van der Waals surface area (Å²) >= 11 is 0. The number of fused-ring (bicyclic) bond motifs is 1. The number of methoxy groups -OCH3 is 1. The third-order valence-corrected chi connectivity index (χ3v) is 10.4. The van der Waals surface area contributed by atoms with E-state index in [0.29, 0.717) is 37.3 Å². The van der Waals surface area contributed by atoms with Crippen LogP contribution >= 0.6 is 0 Å². The second kappa shape index (κ2) is 15.0. The molecule has 13 heteroatoms. The smallest absolute Gasteiger partial charge is 0.411 e. The summed E-state index contributed by atoms with van der Waals surface area (Å²) in [5, 5.41) is 12.1. The molecule has 8 atom stereocenters. The number of ether oxygens (including phenoxy) is 3. The SMILES string of the molecule is B[C@@H]1[C@@H](C)C(=O)[C@@H](C)C(=O)O[C@H](CC)[C@@]2(C)OC(=O)N(C/C=C/Cn3cc(-c4cccc(N)c4)nn3)[C@@H]2[C@H](C)NCCC[C@@]1(C)OC. The van der Waals surface area contributed by atoms with Crippen LogP contribution in [0.1, 0.15) is 60.8 Å². The highest BCUT2D eigenvalue weighted by molar-refractivity contribution is 6.15. The summed E-state index contributed by atoms with van der Waals surface area (Å²) < 4.78 is 19.8. The number of aromatic nitrogens is 3. The highest BCUT2D eigenvalue weighted by Crippen LogP contribution is 2.40. The molecule has 47 heavy (non-hydrogen) atoms. The van der Waals surface area contributed by atoms with Crippen molar-refractivity contribution in [1.82, 2.24) is 25.2 Å². The minimum atomic E-state index is -1.16. The topological polar surface area (TPSA) is 151 Å². The van der Waals surface area contributed by atoms with Gasteiger partial charge in [0.25, 0.3) is 0 Å². The van der Waals surface area contributed by atoms with Crippen LogP contribution in [-0.2, 0) is 30.3 Å². The molecule has 4 rings (SSSR count). The van der Waals surface area contributed by atoms with E-state index >= 15 is 0 Å². The fourth-order valence-corrected chi connectivity index (χ4v) is 7.06. The zero-order valence-electron chi connectivity index (χ0n) is 29.1. The first-order valence-electron chi connectivity index (χ1n) is 16.7. The number of Topliss-reactive ketones (excluding diaryl/α,β-unsaturated/α-hetero) is 1. The van der Waals surface area contributed by atoms with Crippen LogP contribution in [0, 0.1) is 11.8 Å². The molecule has 0 radical (unpaired) electrons. The molecule has 2 aliphatic rings. The Balaban J connectivity index is 1.56. The Labute approximate surface area is 279 Å². The zero-order valence-corrected chi connectivity index (χ0v) is 29.1. The van der Waals surface area contributed by atoms with E-state index in [4.69, 9.17) is 19.9 Å². The number of anilines is 1. The number of benzene rings is 1. The van der Waals surface area contributed by atoms with Gasteiger partial charge in [0.05, 0.1) is 24.4 Å². The van der Waals surface area contributed by atoms with Gasteiger partial charge in [-0.15, -0.1) is 5.10 Å². The van der Waals surface area contributed by atoms with Crippen molar-refractivity contribution < 1.29 is 28.6 Å². The van der Waals surface area contributed by atoms with E-state index in [1.807, 2.05) is 85.1 Å². The Morgan fingerprint density at radius 2 is 1.89 bits per heavy atom. The summed E-state index contributed by atoms with van der Waals surface area (Å²) in [4.78, 5) is 42.2. The quantitative estimate of drug-likeness (QED) is 0.150. The summed E-state index contributed by atoms with van der Waals surface area (Å²) in [6.45, 7) is 12.6. The number of allylic oxidation sites excluding steroid dienone is 1. The van der Waals surface area contributed by atoms with Gasteiger partial charge in [-0.25, -0.2) is 9.48 Å². The van der Waals surface area contributed by atoms with Crippen molar-refractivity contribution in [1.29, 1.82) is 0 Å². The van der Waals surface area contributed by atoms with Gasteiger partial charge in [0.2, 0.25) is 0 Å². The van der Waals surface area contributed by atoms with Crippen molar-refractivity contribution in [3.05, 3.63) is 42.6 Å². The van der Waals surface area contributed by atoms with Crippen molar-refractivity contribution in [2.75, 3.05) is 25.9 Å². The Bertz CT molecular complexity index is 1450. The van der Waals surface area contributed by atoms with Crippen molar-refractivity contribution in [2.24, 2.45) is 11.8 Å². The first-order valence-corrected chi connectivity index (χ1v) is 16.7. The number of nitrogens with one attached hydrogen (secondary N) is 1. The summed E-state index contributed by atoms with van der Waals surface area (Å²) in [6, 6.07) is 6.78. The van der Waals surface area contributed by atoms with Crippen LogP contribution in [0.5, 0.6) is 0 Å². The molecular formula is C34H51BN6O6. The average molecular weight is 651 g/mol. The number of nitrogens with zero attached hydrogens (tertiary/aromatic N) is 4. The number of carbonyl (C=O) groups excluding carboxylic acids is 3. The number of amides is 1. The molecule has 3 N–H and O–H groups in total. The zero-order chi connectivity index (χ0) is 34.5. The van der Waals surface area contributed by atoms with Crippen LogP contribution in [0.3, 0.4) is 0 Å². The molecule has 1 aromatic carbocycles. The summed E-state index contributed by atoms with van der Waals surface area (Å²) in [7, 11) is 3.67. The van der Waals surface area contributed by atoms with Crippen LogP contribution < -0.4 is 11.1 Å². The van der Waals surface area contributed by atoms with Gasteiger partial charge in [-0.2, -0.15) is 0 Å². The molecule has 12 nitrogen and oxygen atoms in total. The Hall–Kier alpha value is -3.71. The summed E-state index contributed by atoms with van der Waals surface area (Å²) in [6.07, 6.45) is 6.31. The number of cyclic esters (lactones) is 1. The second-order valence-corrected chi connectivity index (χ2v) is 13.5. The molecule has 1 amide bonds. The molecule has 0 bridgehead atoms. The molecule has 2 aliphatic heterocycles. The van der Waals surface area contributed by atoms with Gasteiger partial charge in [0.1, 0.15) is 31.3 Å². The molecule has 2 aromatic rings. The van der Waals surface area contributed by atoms with E-state index in [1.165, 1.54) is 0 Å². The molecule has 0 aliphatic carbocycles. The highest BCUT2D eigenvalue weighted by atomic mass is 16.6. The fourth-order valence-electron chi connectivity index (χ4n) is 7.06. The van der Waals surface area contributed by atoms with Gasteiger partial charge in [-0.3, -0.25) is 14.5 Å². The predicted octanol–water partition coefficient (Wildman–Crippen LogP) is 3.42. The molecular weight excluding hydrogens is 599 g/mol.